The van der Waals surface area contributed by atoms with Gasteiger partial charge in [0.1, 0.15) is 0 Å². The summed E-state index contributed by atoms with van der Waals surface area (Å²) < 4.78 is 0. The van der Waals surface area contributed by atoms with Gasteiger partial charge in [-0.05, 0) is 18.2 Å². The van der Waals surface area contributed by atoms with Crippen LogP contribution in [0, 0.1) is 11.3 Å². The minimum absolute atomic E-state index is 0.0149. The van der Waals surface area contributed by atoms with Crippen molar-refractivity contribution < 1.29 is 4.79 Å². The standard InChI is InChI=1S/C12H14N4O/c1-15-11-6-9(7-14)2-3-10(11)16(5-4-13)8-12(15)17/h2-3,6H,4-5,8,13H2,1H3. The second kappa shape index (κ2) is 4.44. The number of hydrogen-bond acceptors (Lipinski definition) is 4. The zero-order chi connectivity index (χ0) is 12.4. The largest absolute Gasteiger partial charge is 0.359 e. The minimum atomic E-state index is 0.0149. The summed E-state index contributed by atoms with van der Waals surface area (Å²) >= 11 is 0. The summed E-state index contributed by atoms with van der Waals surface area (Å²) in [6.45, 7) is 1.47. The third-order valence-corrected chi connectivity index (χ3v) is 2.91. The fourth-order valence-electron chi connectivity index (χ4n) is 1.97. The Morgan fingerprint density at radius 1 is 1.47 bits per heavy atom. The molecule has 1 aromatic rings. The lowest BCUT2D eigenvalue weighted by Crippen LogP contribution is -2.45. The molecule has 0 atom stereocenters. The van der Waals surface area contributed by atoms with Crippen LogP contribution in [0.25, 0.3) is 0 Å². The second-order valence-corrected chi connectivity index (χ2v) is 3.98. The third-order valence-electron chi connectivity index (χ3n) is 2.91. The molecule has 1 heterocycles. The van der Waals surface area contributed by atoms with Crippen LogP contribution in [0.15, 0.2) is 18.2 Å². The van der Waals surface area contributed by atoms with E-state index < -0.39 is 0 Å². The second-order valence-electron chi connectivity index (χ2n) is 3.98. The number of hydrogen-bond donors (Lipinski definition) is 1. The molecule has 5 heteroatoms. The fourth-order valence-corrected chi connectivity index (χ4v) is 1.97. The Kier molecular flexibility index (Phi) is 2.98. The molecule has 88 valence electrons. The molecule has 1 amide bonds. The smallest absolute Gasteiger partial charge is 0.246 e. The van der Waals surface area contributed by atoms with Crippen LogP contribution >= 0.6 is 0 Å². The molecule has 0 aromatic heterocycles. The van der Waals surface area contributed by atoms with Crippen molar-refractivity contribution in [2.24, 2.45) is 5.73 Å². The Hall–Kier alpha value is -2.06. The van der Waals surface area contributed by atoms with Gasteiger partial charge in [-0.1, -0.05) is 0 Å². The average molecular weight is 230 g/mol. The van der Waals surface area contributed by atoms with Gasteiger partial charge in [-0.15, -0.1) is 0 Å². The van der Waals surface area contributed by atoms with Crippen LogP contribution in [-0.4, -0.2) is 32.6 Å². The predicted molar refractivity (Wildman–Crippen MR) is 65.8 cm³/mol. The molecule has 0 fully saturated rings. The molecule has 2 rings (SSSR count). The highest BCUT2D eigenvalue weighted by Gasteiger charge is 2.26. The van der Waals surface area contributed by atoms with Gasteiger partial charge < -0.3 is 15.5 Å². The number of nitriles is 1. The van der Waals surface area contributed by atoms with Crippen LogP contribution in [0.2, 0.25) is 0 Å². The van der Waals surface area contributed by atoms with E-state index in [1.165, 1.54) is 0 Å². The van der Waals surface area contributed by atoms with Gasteiger partial charge in [0.05, 0.1) is 29.6 Å². The molecule has 0 saturated carbocycles. The van der Waals surface area contributed by atoms with Crippen LogP contribution in [0.1, 0.15) is 5.56 Å². The zero-order valence-electron chi connectivity index (χ0n) is 9.68. The van der Waals surface area contributed by atoms with Gasteiger partial charge in [0.2, 0.25) is 5.91 Å². The average Bonchev–Trinajstić information content (AvgIpc) is 2.35. The lowest BCUT2D eigenvalue weighted by atomic mass is 10.1. The van der Waals surface area contributed by atoms with Crippen molar-refractivity contribution >= 4 is 17.3 Å². The summed E-state index contributed by atoms with van der Waals surface area (Å²) in [4.78, 5) is 15.3. The number of benzene rings is 1. The molecular weight excluding hydrogens is 216 g/mol. The first-order valence-corrected chi connectivity index (χ1v) is 5.43. The summed E-state index contributed by atoms with van der Waals surface area (Å²) in [5.74, 6) is 0.0149. The highest BCUT2D eigenvalue weighted by molar-refractivity contribution is 6.03. The van der Waals surface area contributed by atoms with Crippen LogP contribution in [0.5, 0.6) is 0 Å². The van der Waals surface area contributed by atoms with E-state index in [0.29, 0.717) is 25.2 Å². The summed E-state index contributed by atoms with van der Waals surface area (Å²) in [5.41, 5.74) is 7.81. The number of amides is 1. The van der Waals surface area contributed by atoms with Crippen molar-refractivity contribution in [2.45, 2.75) is 0 Å². The number of carbonyl (C=O) groups is 1. The molecule has 0 radical (unpaired) electrons. The van der Waals surface area contributed by atoms with E-state index in [-0.39, 0.29) is 5.91 Å². The van der Waals surface area contributed by atoms with Crippen LogP contribution < -0.4 is 15.5 Å². The Morgan fingerprint density at radius 3 is 2.88 bits per heavy atom. The third kappa shape index (κ3) is 1.95. The highest BCUT2D eigenvalue weighted by atomic mass is 16.2. The van der Waals surface area contributed by atoms with E-state index >= 15 is 0 Å². The van der Waals surface area contributed by atoms with Gasteiger partial charge in [-0.2, -0.15) is 5.26 Å². The normalized spacial score (nSPS) is 14.5. The number of carbonyl (C=O) groups excluding carboxylic acids is 1. The highest BCUT2D eigenvalue weighted by Crippen LogP contribution is 2.33. The molecule has 0 saturated heterocycles. The van der Waals surface area contributed by atoms with Gasteiger partial charge in [-0.25, -0.2) is 0 Å². The van der Waals surface area contributed by atoms with E-state index in [1.54, 1.807) is 24.1 Å². The predicted octanol–water partition coefficient (Wildman–Crippen LogP) is 0.300. The molecule has 0 aliphatic carbocycles. The molecule has 1 aromatic carbocycles. The first-order valence-electron chi connectivity index (χ1n) is 5.43. The number of likely N-dealkylation sites (N-methyl/N-ethyl adjacent to an activating group) is 1. The van der Waals surface area contributed by atoms with Crippen LogP contribution in [0.3, 0.4) is 0 Å². The van der Waals surface area contributed by atoms with Crippen LogP contribution in [-0.2, 0) is 4.79 Å². The molecule has 1 aliphatic heterocycles. The quantitative estimate of drug-likeness (QED) is 0.793. The Balaban J connectivity index is 2.48. The summed E-state index contributed by atoms with van der Waals surface area (Å²) in [5, 5.41) is 8.87. The molecule has 0 spiro atoms. The maximum absolute atomic E-state index is 11.8. The monoisotopic (exact) mass is 230 g/mol. The number of nitrogens with two attached hydrogens (primary N) is 1. The van der Waals surface area contributed by atoms with Gasteiger partial charge in [0, 0.05) is 20.1 Å². The number of fused-ring (bicyclic) bond motifs is 1. The Bertz CT molecular complexity index is 492. The number of nitrogens with zero attached hydrogens (tertiary/aromatic N) is 3. The van der Waals surface area contributed by atoms with E-state index in [2.05, 4.69) is 6.07 Å². The Labute approximate surface area is 100 Å². The molecule has 0 unspecified atom stereocenters. The molecule has 2 N–H and O–H groups in total. The van der Waals surface area contributed by atoms with Gasteiger partial charge in [-0.3, -0.25) is 4.79 Å². The van der Waals surface area contributed by atoms with Crippen molar-refractivity contribution in [1.82, 2.24) is 0 Å². The summed E-state index contributed by atoms with van der Waals surface area (Å²) in [6.07, 6.45) is 0. The number of rotatable bonds is 2. The first kappa shape index (κ1) is 11.4. The molecule has 0 bridgehead atoms. The van der Waals surface area contributed by atoms with Crippen LogP contribution in [0.4, 0.5) is 11.4 Å². The lowest BCUT2D eigenvalue weighted by Gasteiger charge is -2.35. The minimum Gasteiger partial charge on any atom is -0.359 e. The lowest BCUT2D eigenvalue weighted by molar-refractivity contribution is -0.117. The van der Waals surface area contributed by atoms with E-state index in [9.17, 15) is 4.79 Å². The summed E-state index contributed by atoms with van der Waals surface area (Å²) in [6, 6.07) is 7.43. The van der Waals surface area contributed by atoms with Crippen molar-refractivity contribution in [3.8, 4) is 6.07 Å². The van der Waals surface area contributed by atoms with E-state index in [4.69, 9.17) is 11.0 Å². The topological polar surface area (TPSA) is 73.4 Å². The molecule has 5 nitrogen and oxygen atoms in total. The van der Waals surface area contributed by atoms with Gasteiger partial charge >= 0.3 is 0 Å². The fraction of sp³-hybridized carbons (Fsp3) is 0.333. The molecular formula is C12H14N4O. The van der Waals surface area contributed by atoms with Crippen molar-refractivity contribution in [3.63, 3.8) is 0 Å². The maximum Gasteiger partial charge on any atom is 0.246 e. The molecule has 1 aliphatic rings. The van der Waals surface area contributed by atoms with Crippen molar-refractivity contribution in [2.75, 3.05) is 36.5 Å². The van der Waals surface area contributed by atoms with Gasteiger partial charge in [0.15, 0.2) is 0 Å². The van der Waals surface area contributed by atoms with Crippen molar-refractivity contribution in [3.05, 3.63) is 23.8 Å². The van der Waals surface area contributed by atoms with Crippen molar-refractivity contribution in [1.29, 1.82) is 5.26 Å². The van der Waals surface area contributed by atoms with E-state index in [1.807, 2.05) is 11.0 Å². The SMILES string of the molecule is CN1C(=O)CN(CCN)c2ccc(C#N)cc21. The maximum atomic E-state index is 11.8. The first-order chi connectivity index (χ1) is 8.17. The van der Waals surface area contributed by atoms with Gasteiger partial charge in [0.25, 0.3) is 0 Å². The zero-order valence-corrected chi connectivity index (χ0v) is 9.68. The Morgan fingerprint density at radius 2 is 2.24 bits per heavy atom. The summed E-state index contributed by atoms with van der Waals surface area (Å²) in [7, 11) is 1.72. The molecule has 17 heavy (non-hydrogen) atoms. The van der Waals surface area contributed by atoms with E-state index in [0.717, 1.165) is 11.4 Å². The number of anilines is 2.